The first kappa shape index (κ1) is 14.3. The van der Waals surface area contributed by atoms with E-state index in [2.05, 4.69) is 5.32 Å². The van der Waals surface area contributed by atoms with Gasteiger partial charge < -0.3 is 14.9 Å². The van der Waals surface area contributed by atoms with Gasteiger partial charge >= 0.3 is 5.97 Å². The van der Waals surface area contributed by atoms with E-state index in [0.717, 1.165) is 0 Å². The lowest BCUT2D eigenvalue weighted by molar-refractivity contribution is -0.144. The topological polar surface area (TPSA) is 78.8 Å². The molecule has 5 heteroatoms. The zero-order valence-electron chi connectivity index (χ0n) is 11.0. The van der Waals surface area contributed by atoms with Crippen LogP contribution in [-0.2, 0) is 10.3 Å². The van der Waals surface area contributed by atoms with E-state index in [4.69, 9.17) is 4.74 Å². The number of carbonyl (C=O) groups is 1. The highest BCUT2D eigenvalue weighted by Gasteiger charge is 2.36. The van der Waals surface area contributed by atoms with E-state index in [-0.39, 0.29) is 17.5 Å². The Balaban J connectivity index is 3.26. The van der Waals surface area contributed by atoms with Crippen molar-refractivity contribution in [2.75, 3.05) is 7.11 Å². The molecule has 18 heavy (non-hydrogen) atoms. The van der Waals surface area contributed by atoms with Crippen LogP contribution in [0.5, 0.6) is 11.5 Å². The Labute approximate surface area is 106 Å². The predicted molar refractivity (Wildman–Crippen MR) is 67.9 cm³/mol. The second-order valence-corrected chi connectivity index (χ2v) is 4.62. The van der Waals surface area contributed by atoms with Gasteiger partial charge in [-0.05, 0) is 38.5 Å². The van der Waals surface area contributed by atoms with Crippen LogP contribution in [0.3, 0.4) is 0 Å². The lowest BCUT2D eigenvalue weighted by atomic mass is 9.91. The van der Waals surface area contributed by atoms with Crippen LogP contribution >= 0.6 is 0 Å². The molecule has 1 unspecified atom stereocenters. The lowest BCUT2D eigenvalue weighted by Gasteiger charge is -2.29. The van der Waals surface area contributed by atoms with Gasteiger partial charge in [-0.1, -0.05) is 6.07 Å². The number of hydrogen-bond donors (Lipinski definition) is 3. The molecular weight excluding hydrogens is 234 g/mol. The Morgan fingerprint density at radius 3 is 2.50 bits per heavy atom. The number of aromatic hydroxyl groups is 1. The number of aliphatic carboxylic acids is 1. The third-order valence-corrected chi connectivity index (χ3v) is 2.76. The van der Waals surface area contributed by atoms with Crippen LogP contribution in [0.4, 0.5) is 0 Å². The summed E-state index contributed by atoms with van der Waals surface area (Å²) in [6.07, 6.45) is 0. The van der Waals surface area contributed by atoms with Crippen molar-refractivity contribution in [3.63, 3.8) is 0 Å². The van der Waals surface area contributed by atoms with Crippen molar-refractivity contribution in [1.82, 2.24) is 5.32 Å². The molecule has 0 aliphatic rings. The van der Waals surface area contributed by atoms with Crippen molar-refractivity contribution in [2.45, 2.75) is 32.4 Å². The average Bonchev–Trinajstić information content (AvgIpc) is 2.28. The summed E-state index contributed by atoms with van der Waals surface area (Å²) in [5.74, 6) is -0.743. The molecule has 5 nitrogen and oxygen atoms in total. The van der Waals surface area contributed by atoms with E-state index in [0.29, 0.717) is 5.56 Å². The first-order chi connectivity index (χ1) is 8.31. The number of rotatable bonds is 5. The normalized spacial score (nSPS) is 14.3. The van der Waals surface area contributed by atoms with Gasteiger partial charge in [-0.3, -0.25) is 5.32 Å². The molecule has 0 amide bonds. The van der Waals surface area contributed by atoms with Crippen molar-refractivity contribution in [3.05, 3.63) is 23.8 Å². The second-order valence-electron chi connectivity index (χ2n) is 4.62. The maximum atomic E-state index is 11.5. The summed E-state index contributed by atoms with van der Waals surface area (Å²) in [5.41, 5.74) is -0.701. The summed E-state index contributed by atoms with van der Waals surface area (Å²) in [6, 6.07) is 4.53. The van der Waals surface area contributed by atoms with Crippen LogP contribution in [0.1, 0.15) is 26.3 Å². The van der Waals surface area contributed by atoms with E-state index in [1.165, 1.54) is 19.2 Å². The fraction of sp³-hybridized carbons (Fsp3) is 0.462. The predicted octanol–water partition coefficient (Wildman–Crippen LogP) is 1.70. The van der Waals surface area contributed by atoms with Gasteiger partial charge in [0.25, 0.3) is 0 Å². The van der Waals surface area contributed by atoms with Crippen LogP contribution in [-0.4, -0.2) is 29.3 Å². The standard InChI is InChI=1S/C13H19NO4/c1-8(2)14-13(3,12(16)17)9-5-6-10(15)11(7-9)18-4/h5-8,14-15H,1-4H3,(H,16,17). The number of carboxylic acid groups (broad SMARTS) is 1. The number of carboxylic acids is 1. The Bertz CT molecular complexity index is 445. The molecule has 0 bridgehead atoms. The minimum Gasteiger partial charge on any atom is -0.504 e. The van der Waals surface area contributed by atoms with Crippen LogP contribution in [0.15, 0.2) is 18.2 Å². The van der Waals surface area contributed by atoms with Gasteiger partial charge in [-0.25, -0.2) is 4.79 Å². The van der Waals surface area contributed by atoms with Crippen molar-refractivity contribution < 1.29 is 19.7 Å². The minimum absolute atomic E-state index is 0.00546. The van der Waals surface area contributed by atoms with Crippen molar-refractivity contribution in [2.24, 2.45) is 0 Å². The first-order valence-corrected chi connectivity index (χ1v) is 5.70. The third-order valence-electron chi connectivity index (χ3n) is 2.76. The van der Waals surface area contributed by atoms with Gasteiger partial charge in [0.1, 0.15) is 5.54 Å². The number of hydrogen-bond acceptors (Lipinski definition) is 4. The first-order valence-electron chi connectivity index (χ1n) is 5.70. The fourth-order valence-corrected chi connectivity index (χ4v) is 1.83. The Morgan fingerprint density at radius 1 is 1.44 bits per heavy atom. The van der Waals surface area contributed by atoms with Gasteiger partial charge in [0, 0.05) is 6.04 Å². The molecule has 0 spiro atoms. The highest BCUT2D eigenvalue weighted by molar-refractivity contribution is 5.80. The summed E-state index contributed by atoms with van der Waals surface area (Å²) in [7, 11) is 1.42. The fourth-order valence-electron chi connectivity index (χ4n) is 1.83. The van der Waals surface area contributed by atoms with Crippen molar-refractivity contribution >= 4 is 5.97 Å². The van der Waals surface area contributed by atoms with E-state index >= 15 is 0 Å². The largest absolute Gasteiger partial charge is 0.504 e. The number of phenolic OH excluding ortho intramolecular Hbond substituents is 1. The highest BCUT2D eigenvalue weighted by atomic mass is 16.5. The molecule has 0 aliphatic carbocycles. The number of nitrogens with one attached hydrogen (secondary N) is 1. The van der Waals surface area contributed by atoms with Crippen molar-refractivity contribution in [3.8, 4) is 11.5 Å². The van der Waals surface area contributed by atoms with Crippen LogP contribution < -0.4 is 10.1 Å². The van der Waals surface area contributed by atoms with Crippen LogP contribution in [0.2, 0.25) is 0 Å². The van der Waals surface area contributed by atoms with Gasteiger partial charge in [0.15, 0.2) is 11.5 Å². The lowest BCUT2D eigenvalue weighted by Crippen LogP contribution is -2.49. The molecule has 0 saturated heterocycles. The van der Waals surface area contributed by atoms with Crippen LogP contribution in [0, 0.1) is 0 Å². The smallest absolute Gasteiger partial charge is 0.328 e. The Kier molecular flexibility index (Phi) is 4.19. The molecule has 0 aliphatic heterocycles. The molecule has 0 saturated carbocycles. The zero-order valence-corrected chi connectivity index (χ0v) is 11.0. The Hall–Kier alpha value is -1.75. The third kappa shape index (κ3) is 2.73. The van der Waals surface area contributed by atoms with E-state index in [9.17, 15) is 15.0 Å². The number of ether oxygens (including phenoxy) is 1. The minimum atomic E-state index is -1.23. The molecule has 0 fully saturated rings. The van der Waals surface area contributed by atoms with Crippen molar-refractivity contribution in [1.29, 1.82) is 0 Å². The summed E-state index contributed by atoms with van der Waals surface area (Å²) < 4.78 is 4.99. The molecule has 0 heterocycles. The summed E-state index contributed by atoms with van der Waals surface area (Å²) >= 11 is 0. The molecule has 3 N–H and O–H groups in total. The molecular formula is C13H19NO4. The molecule has 0 aromatic heterocycles. The highest BCUT2D eigenvalue weighted by Crippen LogP contribution is 2.31. The quantitative estimate of drug-likeness (QED) is 0.744. The van der Waals surface area contributed by atoms with E-state index in [1.807, 2.05) is 13.8 Å². The van der Waals surface area contributed by atoms with Gasteiger partial charge in [-0.15, -0.1) is 0 Å². The van der Waals surface area contributed by atoms with E-state index < -0.39 is 11.5 Å². The van der Waals surface area contributed by atoms with Crippen LogP contribution in [0.25, 0.3) is 0 Å². The summed E-state index contributed by atoms with van der Waals surface area (Å²) in [4.78, 5) is 11.5. The number of benzene rings is 1. The Morgan fingerprint density at radius 2 is 2.06 bits per heavy atom. The molecule has 1 aromatic carbocycles. The monoisotopic (exact) mass is 253 g/mol. The molecule has 1 rings (SSSR count). The number of phenols is 1. The second kappa shape index (κ2) is 5.27. The molecule has 100 valence electrons. The maximum absolute atomic E-state index is 11.5. The molecule has 0 radical (unpaired) electrons. The summed E-state index contributed by atoms with van der Waals surface area (Å²) in [5, 5.41) is 21.9. The number of methoxy groups -OCH3 is 1. The van der Waals surface area contributed by atoms with Gasteiger partial charge in [0.2, 0.25) is 0 Å². The van der Waals surface area contributed by atoms with Gasteiger partial charge in [0.05, 0.1) is 7.11 Å². The molecule has 1 atom stereocenters. The molecule has 1 aromatic rings. The SMILES string of the molecule is COc1cc(C(C)(NC(C)C)C(=O)O)ccc1O. The maximum Gasteiger partial charge on any atom is 0.328 e. The zero-order chi connectivity index (χ0) is 13.9. The summed E-state index contributed by atoms with van der Waals surface area (Å²) in [6.45, 7) is 5.33. The van der Waals surface area contributed by atoms with E-state index in [1.54, 1.807) is 13.0 Å². The van der Waals surface area contributed by atoms with Gasteiger partial charge in [-0.2, -0.15) is 0 Å². The average molecular weight is 253 g/mol.